The van der Waals surface area contributed by atoms with Crippen molar-refractivity contribution in [3.05, 3.63) is 63.9 Å². The third-order valence-electron chi connectivity index (χ3n) is 4.49. The standard InChI is InChI=1S/C21H21Cl2N5O3S/c1-12(24-20(30)13-4-7-15(31-3)8-5-13)19-26-27-21(28(19)2)32-11-18(29)25-17-10-14(22)6-9-16(17)23/h4-10,12H,11H2,1-3H3,(H,24,30)(H,25,29)/t12-/m0/s1. The van der Waals surface area contributed by atoms with Gasteiger partial charge in [0, 0.05) is 17.6 Å². The molecule has 0 radical (unpaired) electrons. The minimum Gasteiger partial charge on any atom is -0.497 e. The molecule has 1 atom stereocenters. The van der Waals surface area contributed by atoms with Crippen LogP contribution in [0.2, 0.25) is 10.0 Å². The van der Waals surface area contributed by atoms with Gasteiger partial charge >= 0.3 is 0 Å². The van der Waals surface area contributed by atoms with Crippen molar-refractivity contribution in [2.45, 2.75) is 18.1 Å². The Balaban J connectivity index is 1.58. The Labute approximate surface area is 199 Å². The maximum atomic E-state index is 12.5. The monoisotopic (exact) mass is 493 g/mol. The fourth-order valence-corrected chi connectivity index (χ4v) is 3.88. The Morgan fingerprint density at radius 1 is 1.16 bits per heavy atom. The van der Waals surface area contributed by atoms with Crippen LogP contribution in [0, 0.1) is 0 Å². The fraction of sp³-hybridized carbons (Fsp3) is 0.238. The van der Waals surface area contributed by atoms with Crippen molar-refractivity contribution in [3.8, 4) is 5.75 Å². The van der Waals surface area contributed by atoms with E-state index in [4.69, 9.17) is 27.9 Å². The zero-order valence-electron chi connectivity index (χ0n) is 17.6. The second-order valence-corrected chi connectivity index (χ2v) is 8.57. The highest BCUT2D eigenvalue weighted by Crippen LogP contribution is 2.26. The molecular formula is C21H21Cl2N5O3S. The van der Waals surface area contributed by atoms with Gasteiger partial charge in [-0.15, -0.1) is 10.2 Å². The van der Waals surface area contributed by atoms with E-state index in [0.717, 1.165) is 0 Å². The Morgan fingerprint density at radius 3 is 2.56 bits per heavy atom. The van der Waals surface area contributed by atoms with Gasteiger partial charge in [0.05, 0.1) is 29.6 Å². The summed E-state index contributed by atoms with van der Waals surface area (Å²) in [5, 5.41) is 15.3. The first-order valence-electron chi connectivity index (χ1n) is 9.50. The molecule has 3 rings (SSSR count). The van der Waals surface area contributed by atoms with Crippen LogP contribution in [0.15, 0.2) is 47.6 Å². The van der Waals surface area contributed by atoms with Crippen LogP contribution in [0.4, 0.5) is 5.69 Å². The number of aromatic nitrogens is 3. The average Bonchev–Trinajstić information content (AvgIpc) is 3.15. The highest BCUT2D eigenvalue weighted by atomic mass is 35.5. The summed E-state index contributed by atoms with van der Waals surface area (Å²) < 4.78 is 6.84. The number of methoxy groups -OCH3 is 1. The molecule has 0 aliphatic carbocycles. The number of nitrogens with one attached hydrogen (secondary N) is 2. The summed E-state index contributed by atoms with van der Waals surface area (Å²) in [5.41, 5.74) is 0.948. The molecule has 0 saturated heterocycles. The molecule has 1 aromatic heterocycles. The summed E-state index contributed by atoms with van der Waals surface area (Å²) in [6, 6.07) is 11.3. The Morgan fingerprint density at radius 2 is 1.88 bits per heavy atom. The lowest BCUT2D eigenvalue weighted by molar-refractivity contribution is -0.113. The number of thioether (sulfide) groups is 1. The lowest BCUT2D eigenvalue weighted by atomic mass is 10.2. The first-order valence-corrected chi connectivity index (χ1v) is 11.2. The minimum absolute atomic E-state index is 0.0986. The number of amides is 2. The van der Waals surface area contributed by atoms with Crippen molar-refractivity contribution in [2.24, 2.45) is 7.05 Å². The smallest absolute Gasteiger partial charge is 0.251 e. The summed E-state index contributed by atoms with van der Waals surface area (Å²) in [4.78, 5) is 24.8. The first-order chi connectivity index (χ1) is 15.3. The van der Waals surface area contributed by atoms with Crippen LogP contribution in [0.5, 0.6) is 5.75 Å². The Kier molecular flexibility index (Phi) is 8.00. The molecule has 11 heteroatoms. The summed E-state index contributed by atoms with van der Waals surface area (Å²) in [5.74, 6) is 0.833. The van der Waals surface area contributed by atoms with Crippen molar-refractivity contribution in [1.82, 2.24) is 20.1 Å². The molecular weight excluding hydrogens is 473 g/mol. The number of benzene rings is 2. The van der Waals surface area contributed by atoms with Crippen LogP contribution in [0.1, 0.15) is 29.1 Å². The third kappa shape index (κ3) is 5.93. The van der Waals surface area contributed by atoms with E-state index in [1.54, 1.807) is 61.2 Å². The average molecular weight is 494 g/mol. The predicted octanol–water partition coefficient (Wildman–Crippen LogP) is 4.35. The fourth-order valence-electron chi connectivity index (χ4n) is 2.83. The van der Waals surface area contributed by atoms with Crippen LogP contribution < -0.4 is 15.4 Å². The first kappa shape index (κ1) is 23.9. The molecule has 8 nitrogen and oxygen atoms in total. The van der Waals surface area contributed by atoms with E-state index in [0.29, 0.717) is 38.0 Å². The Bertz CT molecular complexity index is 1120. The van der Waals surface area contributed by atoms with E-state index < -0.39 is 6.04 Å². The summed E-state index contributed by atoms with van der Waals surface area (Å²) in [6.45, 7) is 1.81. The number of carbonyl (C=O) groups is 2. The second kappa shape index (κ2) is 10.7. The zero-order valence-corrected chi connectivity index (χ0v) is 19.9. The third-order valence-corrected chi connectivity index (χ3v) is 6.08. The molecule has 0 unspecified atom stereocenters. The summed E-state index contributed by atoms with van der Waals surface area (Å²) >= 11 is 13.2. The van der Waals surface area contributed by atoms with Gasteiger partial charge in [-0.25, -0.2) is 0 Å². The number of ether oxygens (including phenoxy) is 1. The van der Waals surface area contributed by atoms with Gasteiger partial charge in [-0.05, 0) is 49.4 Å². The highest BCUT2D eigenvalue weighted by molar-refractivity contribution is 7.99. The predicted molar refractivity (Wildman–Crippen MR) is 126 cm³/mol. The molecule has 1 heterocycles. The molecule has 3 aromatic rings. The van der Waals surface area contributed by atoms with Gasteiger partial charge in [-0.3, -0.25) is 9.59 Å². The number of nitrogens with zero attached hydrogens (tertiary/aromatic N) is 3. The zero-order chi connectivity index (χ0) is 23.3. The van der Waals surface area contributed by atoms with Gasteiger partial charge < -0.3 is 19.9 Å². The normalized spacial score (nSPS) is 11.7. The molecule has 0 saturated carbocycles. The van der Waals surface area contributed by atoms with Crippen LogP contribution in [0.25, 0.3) is 0 Å². The van der Waals surface area contributed by atoms with Crippen molar-refractivity contribution < 1.29 is 14.3 Å². The molecule has 2 aromatic carbocycles. The minimum atomic E-state index is -0.393. The lowest BCUT2D eigenvalue weighted by Crippen LogP contribution is -2.28. The van der Waals surface area contributed by atoms with Gasteiger partial charge in [0.15, 0.2) is 11.0 Å². The molecule has 0 aliphatic rings. The van der Waals surface area contributed by atoms with Gasteiger partial charge in [0.1, 0.15) is 5.75 Å². The second-order valence-electron chi connectivity index (χ2n) is 6.78. The van der Waals surface area contributed by atoms with E-state index in [9.17, 15) is 9.59 Å². The van der Waals surface area contributed by atoms with Crippen LogP contribution in [-0.4, -0.2) is 39.4 Å². The molecule has 0 spiro atoms. The molecule has 2 amide bonds. The van der Waals surface area contributed by atoms with Crippen LogP contribution >= 0.6 is 35.0 Å². The number of hydrogen-bond acceptors (Lipinski definition) is 6. The van der Waals surface area contributed by atoms with Gasteiger partial charge in [0.25, 0.3) is 5.91 Å². The lowest BCUT2D eigenvalue weighted by Gasteiger charge is -2.14. The number of rotatable bonds is 8. The van der Waals surface area contributed by atoms with Crippen molar-refractivity contribution >= 4 is 52.5 Å². The van der Waals surface area contributed by atoms with Crippen molar-refractivity contribution in [2.75, 3.05) is 18.2 Å². The number of anilines is 1. The van der Waals surface area contributed by atoms with Gasteiger partial charge in [-0.2, -0.15) is 0 Å². The maximum absolute atomic E-state index is 12.5. The van der Waals surface area contributed by atoms with Crippen molar-refractivity contribution in [3.63, 3.8) is 0 Å². The van der Waals surface area contributed by atoms with E-state index in [2.05, 4.69) is 20.8 Å². The van der Waals surface area contributed by atoms with E-state index in [1.165, 1.54) is 11.8 Å². The summed E-state index contributed by atoms with van der Waals surface area (Å²) in [7, 11) is 3.34. The van der Waals surface area contributed by atoms with Crippen LogP contribution in [-0.2, 0) is 11.8 Å². The molecule has 0 fully saturated rings. The molecule has 2 N–H and O–H groups in total. The van der Waals surface area contributed by atoms with E-state index in [-0.39, 0.29) is 17.6 Å². The highest BCUT2D eigenvalue weighted by Gasteiger charge is 2.19. The Hall–Kier alpha value is -2.75. The number of hydrogen-bond donors (Lipinski definition) is 2. The number of carbonyl (C=O) groups excluding carboxylic acids is 2. The molecule has 168 valence electrons. The number of halogens is 2. The quantitative estimate of drug-likeness (QED) is 0.452. The SMILES string of the molecule is COc1ccc(C(=O)N[C@@H](C)c2nnc(SCC(=O)Nc3cc(Cl)ccc3Cl)n2C)cc1. The molecule has 0 bridgehead atoms. The largest absolute Gasteiger partial charge is 0.497 e. The van der Waals surface area contributed by atoms with E-state index >= 15 is 0 Å². The van der Waals surface area contributed by atoms with Crippen LogP contribution in [0.3, 0.4) is 0 Å². The molecule has 32 heavy (non-hydrogen) atoms. The van der Waals surface area contributed by atoms with E-state index in [1.807, 2.05) is 6.92 Å². The van der Waals surface area contributed by atoms with Crippen molar-refractivity contribution in [1.29, 1.82) is 0 Å². The topological polar surface area (TPSA) is 98.1 Å². The van der Waals surface area contributed by atoms with Gasteiger partial charge in [0.2, 0.25) is 5.91 Å². The summed E-state index contributed by atoms with van der Waals surface area (Å²) in [6.07, 6.45) is 0. The maximum Gasteiger partial charge on any atom is 0.251 e. The molecule has 0 aliphatic heterocycles. The van der Waals surface area contributed by atoms with Gasteiger partial charge in [-0.1, -0.05) is 35.0 Å².